The normalized spacial score (nSPS) is 11.8. The van der Waals surface area contributed by atoms with Gasteiger partial charge in [0.15, 0.2) is 0 Å². The molecule has 1 N–H and O–H groups in total. The highest BCUT2D eigenvalue weighted by atomic mass is 16.5. The molecule has 0 aliphatic rings. The highest BCUT2D eigenvalue weighted by Gasteiger charge is 2.17. The van der Waals surface area contributed by atoms with Crippen LogP contribution in [0.5, 0.6) is 0 Å². The number of rotatable bonds is 35. The van der Waals surface area contributed by atoms with E-state index in [1.54, 1.807) is 0 Å². The van der Waals surface area contributed by atoms with Gasteiger partial charge in [-0.1, -0.05) is 141 Å². The quantitative estimate of drug-likeness (QED) is 0.0342. The van der Waals surface area contributed by atoms with E-state index in [9.17, 15) is 9.90 Å². The largest absolute Gasteiger partial charge is 0.461 e. The molecule has 0 spiro atoms. The third-order valence-corrected chi connectivity index (χ3v) is 9.33. The first-order valence-corrected chi connectivity index (χ1v) is 20.4. The zero-order valence-electron chi connectivity index (χ0n) is 31.2. The predicted octanol–water partition coefficient (Wildman–Crippen LogP) is 11.5. The summed E-state index contributed by atoms with van der Waals surface area (Å²) in [5.74, 6) is 1.15. The van der Waals surface area contributed by atoms with Gasteiger partial charge >= 0.3 is 5.97 Å². The van der Waals surface area contributed by atoms with Crippen LogP contribution in [0.15, 0.2) is 36.7 Å². The minimum atomic E-state index is -0.0724. The Balaban J connectivity index is 2.08. The molecule has 0 saturated heterocycles. The molecule has 1 rings (SSSR count). The van der Waals surface area contributed by atoms with Crippen molar-refractivity contribution in [3.63, 3.8) is 0 Å². The molecule has 1 heterocycles. The SMILES string of the molecule is CCCCCCCCC=CCCCCCCCC(=O)OCCn1cc[n+](CCO)c1CCCCCCCC=CCCCCCCCC. The molecule has 0 aromatic carbocycles. The van der Waals surface area contributed by atoms with Crippen LogP contribution in [0, 0.1) is 0 Å². The molecular formula is C42H77N2O3+. The first kappa shape index (κ1) is 43.1. The molecule has 0 radical (unpaired) electrons. The van der Waals surface area contributed by atoms with E-state index in [2.05, 4.69) is 59.7 Å². The molecule has 5 nitrogen and oxygen atoms in total. The van der Waals surface area contributed by atoms with Gasteiger partial charge in [0, 0.05) is 12.8 Å². The van der Waals surface area contributed by atoms with Crippen molar-refractivity contribution in [2.24, 2.45) is 0 Å². The molecule has 272 valence electrons. The Labute approximate surface area is 291 Å². The number of nitrogens with zero attached hydrogens (tertiary/aromatic N) is 2. The Morgan fingerprint density at radius 2 is 1.11 bits per heavy atom. The molecule has 0 saturated carbocycles. The average molecular weight is 658 g/mol. The van der Waals surface area contributed by atoms with E-state index in [0.717, 1.165) is 25.7 Å². The number of hydrogen-bond donors (Lipinski definition) is 1. The van der Waals surface area contributed by atoms with Crippen molar-refractivity contribution in [3.8, 4) is 0 Å². The van der Waals surface area contributed by atoms with Crippen molar-refractivity contribution in [3.05, 3.63) is 42.5 Å². The van der Waals surface area contributed by atoms with E-state index in [4.69, 9.17) is 4.74 Å². The number of esters is 1. The summed E-state index contributed by atoms with van der Waals surface area (Å²) in [6.45, 7) is 6.39. The van der Waals surface area contributed by atoms with E-state index in [1.165, 1.54) is 154 Å². The number of hydrogen-bond acceptors (Lipinski definition) is 3. The van der Waals surface area contributed by atoms with E-state index in [-0.39, 0.29) is 12.6 Å². The van der Waals surface area contributed by atoms with Crippen molar-refractivity contribution in [1.82, 2.24) is 4.57 Å². The minimum Gasteiger partial charge on any atom is -0.461 e. The van der Waals surface area contributed by atoms with Crippen LogP contribution in [-0.2, 0) is 29.0 Å². The van der Waals surface area contributed by atoms with Crippen LogP contribution in [0.1, 0.15) is 193 Å². The summed E-state index contributed by atoms with van der Waals surface area (Å²) in [5.41, 5.74) is 0. The van der Waals surface area contributed by atoms with Crippen LogP contribution in [0.2, 0.25) is 0 Å². The summed E-state index contributed by atoms with van der Waals surface area (Å²) in [4.78, 5) is 12.3. The smallest absolute Gasteiger partial charge is 0.305 e. The number of aliphatic hydroxyl groups excluding tert-OH is 1. The molecule has 0 atom stereocenters. The first-order chi connectivity index (χ1) is 23.2. The van der Waals surface area contributed by atoms with E-state index in [0.29, 0.717) is 26.1 Å². The highest BCUT2D eigenvalue weighted by Crippen LogP contribution is 2.13. The Hall–Kier alpha value is -1.88. The lowest BCUT2D eigenvalue weighted by molar-refractivity contribution is -0.705. The van der Waals surface area contributed by atoms with Gasteiger partial charge in [-0.2, -0.15) is 0 Å². The Kier molecular flexibility index (Phi) is 31.2. The second kappa shape index (κ2) is 34.0. The molecular weight excluding hydrogens is 580 g/mol. The number of carbonyl (C=O) groups is 1. The topological polar surface area (TPSA) is 55.3 Å². The molecule has 47 heavy (non-hydrogen) atoms. The van der Waals surface area contributed by atoms with E-state index in [1.807, 2.05) is 0 Å². The molecule has 0 fully saturated rings. The fourth-order valence-electron chi connectivity index (χ4n) is 6.32. The lowest BCUT2D eigenvalue weighted by Gasteiger charge is -2.07. The maximum absolute atomic E-state index is 12.3. The zero-order valence-corrected chi connectivity index (χ0v) is 31.2. The average Bonchev–Trinajstić information content (AvgIpc) is 3.45. The van der Waals surface area contributed by atoms with Gasteiger partial charge in [-0.15, -0.1) is 0 Å². The molecule has 0 bridgehead atoms. The highest BCUT2D eigenvalue weighted by molar-refractivity contribution is 5.69. The molecule has 0 aliphatic heterocycles. The van der Waals surface area contributed by atoms with Crippen LogP contribution < -0.4 is 4.57 Å². The Bertz CT molecular complexity index is 875. The summed E-state index contributed by atoms with van der Waals surface area (Å²) < 4.78 is 9.95. The van der Waals surface area contributed by atoms with Crippen LogP contribution >= 0.6 is 0 Å². The van der Waals surface area contributed by atoms with Gasteiger partial charge in [-0.05, 0) is 64.2 Å². The van der Waals surface area contributed by atoms with Crippen LogP contribution in [0.4, 0.5) is 0 Å². The number of unbranched alkanes of at least 4 members (excludes halogenated alkanes) is 22. The van der Waals surface area contributed by atoms with Crippen molar-refractivity contribution < 1.29 is 19.2 Å². The van der Waals surface area contributed by atoms with Crippen molar-refractivity contribution in [2.45, 2.75) is 207 Å². The number of aliphatic hydroxyl groups is 1. The fraction of sp³-hybridized carbons (Fsp3) is 0.810. The molecule has 0 aliphatic carbocycles. The summed E-state index contributed by atoms with van der Waals surface area (Å²) in [6, 6.07) is 0. The van der Waals surface area contributed by atoms with Crippen molar-refractivity contribution in [2.75, 3.05) is 13.2 Å². The molecule has 0 amide bonds. The lowest BCUT2D eigenvalue weighted by atomic mass is 10.1. The monoisotopic (exact) mass is 658 g/mol. The predicted molar refractivity (Wildman–Crippen MR) is 201 cm³/mol. The standard InChI is InChI=1S/C42H77N2O3/c1-3-5-7-9-11-13-15-17-19-21-23-25-27-29-31-33-41-43(37-39-45)35-36-44(41)38-40-47-42(46)34-32-30-28-26-24-22-20-18-16-14-12-10-8-6-4-2/h17-20,35-36,45H,3-16,21-34,37-40H2,1-2H3/q+1. The minimum absolute atomic E-state index is 0.0724. The van der Waals surface area contributed by atoms with Gasteiger partial charge in [0.05, 0.1) is 6.61 Å². The zero-order chi connectivity index (χ0) is 33.9. The van der Waals surface area contributed by atoms with Crippen LogP contribution in [0.25, 0.3) is 0 Å². The molecule has 1 aromatic rings. The summed E-state index contributed by atoms with van der Waals surface area (Å²) in [5, 5.41) is 9.53. The molecule has 1 aromatic heterocycles. The third-order valence-electron chi connectivity index (χ3n) is 9.33. The third kappa shape index (κ3) is 26.7. The Morgan fingerprint density at radius 3 is 1.60 bits per heavy atom. The summed E-state index contributed by atoms with van der Waals surface area (Å²) in [7, 11) is 0. The van der Waals surface area contributed by atoms with Gasteiger partial charge < -0.3 is 9.84 Å². The number of allylic oxidation sites excluding steroid dienone is 4. The second-order valence-corrected chi connectivity index (χ2v) is 13.7. The van der Waals surface area contributed by atoms with Crippen molar-refractivity contribution >= 4 is 5.97 Å². The van der Waals surface area contributed by atoms with Crippen molar-refractivity contribution in [1.29, 1.82) is 0 Å². The number of aromatic nitrogens is 2. The van der Waals surface area contributed by atoms with E-state index >= 15 is 0 Å². The van der Waals surface area contributed by atoms with Crippen LogP contribution in [-0.4, -0.2) is 28.9 Å². The molecule has 5 heteroatoms. The summed E-state index contributed by atoms with van der Waals surface area (Å²) in [6.07, 6.45) is 48.5. The Morgan fingerprint density at radius 1 is 0.660 bits per heavy atom. The number of imidazole rings is 1. The van der Waals surface area contributed by atoms with Gasteiger partial charge in [0.2, 0.25) is 0 Å². The fourth-order valence-corrected chi connectivity index (χ4v) is 6.32. The van der Waals surface area contributed by atoms with Gasteiger partial charge in [0.25, 0.3) is 5.82 Å². The van der Waals surface area contributed by atoms with Gasteiger partial charge in [-0.3, -0.25) is 4.79 Å². The lowest BCUT2D eigenvalue weighted by Crippen LogP contribution is -2.39. The number of ether oxygens (including phenoxy) is 1. The van der Waals surface area contributed by atoms with E-state index < -0.39 is 0 Å². The molecule has 0 unspecified atom stereocenters. The summed E-state index contributed by atoms with van der Waals surface area (Å²) >= 11 is 0. The van der Waals surface area contributed by atoms with Crippen LogP contribution in [0.3, 0.4) is 0 Å². The van der Waals surface area contributed by atoms with Gasteiger partial charge in [0.1, 0.15) is 32.1 Å². The maximum Gasteiger partial charge on any atom is 0.305 e. The van der Waals surface area contributed by atoms with Gasteiger partial charge in [-0.25, -0.2) is 9.13 Å². The maximum atomic E-state index is 12.3. The second-order valence-electron chi connectivity index (χ2n) is 13.7. The number of carbonyl (C=O) groups excluding carboxylic acids is 1. The first-order valence-electron chi connectivity index (χ1n) is 20.4.